The molecule has 0 fully saturated rings. The first kappa shape index (κ1) is 19.2. The number of amides is 1. The summed E-state index contributed by atoms with van der Waals surface area (Å²) in [5.74, 6) is -0.834. The maximum atomic E-state index is 13.9. The molecule has 0 aliphatic carbocycles. The maximum Gasteiger partial charge on any atom is 0.417 e. The van der Waals surface area contributed by atoms with Crippen LogP contribution >= 0.6 is 0 Å². The van der Waals surface area contributed by atoms with Crippen molar-refractivity contribution in [3.05, 3.63) is 41.6 Å². The Bertz CT molecular complexity index is 790. The maximum absolute atomic E-state index is 13.9. The highest BCUT2D eigenvalue weighted by molar-refractivity contribution is 5.85. The minimum absolute atomic E-state index is 0.00815. The topological polar surface area (TPSA) is 94.5 Å². The lowest BCUT2D eigenvalue weighted by molar-refractivity contribution is 0.0575. The van der Waals surface area contributed by atoms with Gasteiger partial charge in [0.25, 0.3) is 0 Å². The number of methoxy groups -OCH3 is 1. The van der Waals surface area contributed by atoms with Crippen LogP contribution < -0.4 is 9.64 Å². The number of aldehydes is 1. The van der Waals surface area contributed by atoms with Gasteiger partial charge in [-0.1, -0.05) is 6.07 Å². The van der Waals surface area contributed by atoms with E-state index in [1.165, 1.54) is 13.3 Å². The van der Waals surface area contributed by atoms with Crippen molar-refractivity contribution < 1.29 is 23.5 Å². The van der Waals surface area contributed by atoms with E-state index in [9.17, 15) is 14.0 Å². The SMILES string of the molecule is COc1ccc(CN(C(=O)OC(C)(C)C)c2ncc(C=O)c(F)n2)cn1. The second kappa shape index (κ2) is 7.85. The van der Waals surface area contributed by atoms with E-state index in [1.54, 1.807) is 32.9 Å². The minimum Gasteiger partial charge on any atom is -0.481 e. The first-order valence-corrected chi connectivity index (χ1v) is 7.70. The van der Waals surface area contributed by atoms with Gasteiger partial charge in [0.2, 0.25) is 17.8 Å². The summed E-state index contributed by atoms with van der Waals surface area (Å²) in [6.45, 7) is 5.10. The Morgan fingerprint density at radius 2 is 2.00 bits per heavy atom. The lowest BCUT2D eigenvalue weighted by Gasteiger charge is -2.26. The van der Waals surface area contributed by atoms with Crippen LogP contribution in [-0.4, -0.2) is 40.0 Å². The van der Waals surface area contributed by atoms with E-state index in [4.69, 9.17) is 9.47 Å². The van der Waals surface area contributed by atoms with Crippen molar-refractivity contribution in [2.45, 2.75) is 32.9 Å². The van der Waals surface area contributed by atoms with Gasteiger partial charge in [0.15, 0.2) is 6.29 Å². The lowest BCUT2D eigenvalue weighted by Crippen LogP contribution is -2.37. The second-order valence-corrected chi connectivity index (χ2v) is 6.31. The Morgan fingerprint density at radius 1 is 1.27 bits per heavy atom. The zero-order chi connectivity index (χ0) is 19.3. The van der Waals surface area contributed by atoms with Gasteiger partial charge >= 0.3 is 6.09 Å². The van der Waals surface area contributed by atoms with Gasteiger partial charge in [-0.3, -0.25) is 4.79 Å². The summed E-state index contributed by atoms with van der Waals surface area (Å²) in [7, 11) is 1.49. The highest BCUT2D eigenvalue weighted by atomic mass is 19.1. The van der Waals surface area contributed by atoms with Gasteiger partial charge in [-0.25, -0.2) is 19.7 Å². The van der Waals surface area contributed by atoms with Crippen LogP contribution in [0.15, 0.2) is 24.5 Å². The van der Waals surface area contributed by atoms with E-state index < -0.39 is 17.6 Å². The third-order valence-corrected chi connectivity index (χ3v) is 3.09. The average Bonchev–Trinajstić information content (AvgIpc) is 2.58. The molecular weight excluding hydrogens is 343 g/mol. The molecule has 0 saturated carbocycles. The van der Waals surface area contributed by atoms with Gasteiger partial charge in [-0.05, 0) is 26.3 Å². The van der Waals surface area contributed by atoms with E-state index in [1.807, 2.05) is 0 Å². The Hall–Kier alpha value is -3.10. The number of ether oxygens (including phenoxy) is 2. The van der Waals surface area contributed by atoms with E-state index in [0.717, 1.165) is 11.1 Å². The average molecular weight is 362 g/mol. The summed E-state index contributed by atoms with van der Waals surface area (Å²) in [5.41, 5.74) is -0.446. The number of carbonyl (C=O) groups excluding carboxylic acids is 2. The van der Waals surface area contributed by atoms with Crippen molar-refractivity contribution >= 4 is 18.3 Å². The fourth-order valence-electron chi connectivity index (χ4n) is 1.91. The Labute approximate surface area is 150 Å². The number of nitrogens with zero attached hydrogens (tertiary/aromatic N) is 4. The summed E-state index contributed by atoms with van der Waals surface area (Å²) in [6, 6.07) is 3.32. The Kier molecular flexibility index (Phi) is 5.81. The van der Waals surface area contributed by atoms with Gasteiger partial charge < -0.3 is 9.47 Å². The number of anilines is 1. The number of rotatable bonds is 5. The molecule has 2 aromatic heterocycles. The molecule has 2 rings (SSSR count). The van der Waals surface area contributed by atoms with E-state index in [0.29, 0.717) is 17.7 Å². The first-order chi connectivity index (χ1) is 12.2. The molecule has 0 saturated heterocycles. The quantitative estimate of drug-likeness (QED) is 0.596. The molecule has 0 spiro atoms. The molecule has 2 heterocycles. The van der Waals surface area contributed by atoms with Crippen LogP contribution in [0.1, 0.15) is 36.7 Å². The molecule has 26 heavy (non-hydrogen) atoms. The first-order valence-electron chi connectivity index (χ1n) is 7.70. The van der Waals surface area contributed by atoms with Crippen molar-refractivity contribution in [3.8, 4) is 5.88 Å². The molecule has 8 nitrogen and oxygen atoms in total. The van der Waals surface area contributed by atoms with Gasteiger partial charge in [-0.15, -0.1) is 0 Å². The molecule has 138 valence electrons. The second-order valence-electron chi connectivity index (χ2n) is 6.31. The van der Waals surface area contributed by atoms with Crippen molar-refractivity contribution in [1.82, 2.24) is 15.0 Å². The van der Waals surface area contributed by atoms with Gasteiger partial charge in [0.05, 0.1) is 19.2 Å². The van der Waals surface area contributed by atoms with Crippen molar-refractivity contribution in [2.75, 3.05) is 12.0 Å². The van der Waals surface area contributed by atoms with Crippen LogP contribution in [0.25, 0.3) is 0 Å². The molecule has 0 N–H and O–H groups in total. The summed E-state index contributed by atoms with van der Waals surface area (Å²) < 4.78 is 24.2. The minimum atomic E-state index is -1.02. The Balaban J connectivity index is 2.35. The number of pyridine rings is 1. The smallest absolute Gasteiger partial charge is 0.417 e. The standard InChI is InChI=1S/C17H19FN4O4/c1-17(2,3)26-16(24)22(9-11-5-6-13(25-4)19-7-11)15-20-8-12(10-23)14(18)21-15/h5-8,10H,9H2,1-4H3. The summed E-state index contributed by atoms with van der Waals surface area (Å²) in [5, 5.41) is 0. The predicted molar refractivity (Wildman–Crippen MR) is 90.6 cm³/mol. The third kappa shape index (κ3) is 4.95. The number of aromatic nitrogens is 3. The molecule has 1 amide bonds. The van der Waals surface area contributed by atoms with Crippen LogP contribution in [0, 0.1) is 5.95 Å². The summed E-state index contributed by atoms with van der Waals surface area (Å²) >= 11 is 0. The number of halogens is 1. The van der Waals surface area contributed by atoms with Crippen molar-refractivity contribution in [1.29, 1.82) is 0 Å². The molecule has 0 bridgehead atoms. The molecule has 0 unspecified atom stereocenters. The van der Waals surface area contributed by atoms with E-state index in [2.05, 4.69) is 15.0 Å². The van der Waals surface area contributed by atoms with Crippen LogP contribution in [0.2, 0.25) is 0 Å². The lowest BCUT2D eigenvalue weighted by atomic mass is 10.2. The van der Waals surface area contributed by atoms with Crippen molar-refractivity contribution in [2.24, 2.45) is 0 Å². The van der Waals surface area contributed by atoms with Crippen LogP contribution in [0.3, 0.4) is 0 Å². The highest BCUT2D eigenvalue weighted by Gasteiger charge is 2.26. The Morgan fingerprint density at radius 3 is 2.50 bits per heavy atom. The van der Waals surface area contributed by atoms with E-state index in [-0.39, 0.29) is 18.1 Å². The molecule has 0 aliphatic heterocycles. The molecule has 2 aromatic rings. The molecule has 0 atom stereocenters. The highest BCUT2D eigenvalue weighted by Crippen LogP contribution is 2.19. The fourth-order valence-corrected chi connectivity index (χ4v) is 1.91. The van der Waals surface area contributed by atoms with E-state index >= 15 is 0 Å². The zero-order valence-electron chi connectivity index (χ0n) is 14.9. The van der Waals surface area contributed by atoms with Gasteiger partial charge in [0, 0.05) is 18.5 Å². The number of hydrogen-bond donors (Lipinski definition) is 0. The van der Waals surface area contributed by atoms with Crippen LogP contribution in [0.4, 0.5) is 15.1 Å². The van der Waals surface area contributed by atoms with Crippen LogP contribution in [-0.2, 0) is 11.3 Å². The summed E-state index contributed by atoms with van der Waals surface area (Å²) in [4.78, 5) is 35.9. The molecule has 9 heteroatoms. The monoisotopic (exact) mass is 362 g/mol. The normalized spacial score (nSPS) is 11.0. The molecule has 0 radical (unpaired) electrons. The van der Waals surface area contributed by atoms with Gasteiger partial charge in [-0.2, -0.15) is 9.37 Å². The zero-order valence-corrected chi connectivity index (χ0v) is 14.9. The largest absolute Gasteiger partial charge is 0.481 e. The van der Waals surface area contributed by atoms with Gasteiger partial charge in [0.1, 0.15) is 5.60 Å². The van der Waals surface area contributed by atoms with Crippen molar-refractivity contribution in [3.63, 3.8) is 0 Å². The van der Waals surface area contributed by atoms with Crippen LogP contribution in [0.5, 0.6) is 5.88 Å². The third-order valence-electron chi connectivity index (χ3n) is 3.09. The predicted octanol–water partition coefficient (Wildman–Crippen LogP) is 2.77. The number of hydrogen-bond acceptors (Lipinski definition) is 7. The molecular formula is C17H19FN4O4. The summed E-state index contributed by atoms with van der Waals surface area (Å²) in [6.07, 6.45) is 2.05. The molecule has 0 aromatic carbocycles. The fraction of sp³-hybridized carbons (Fsp3) is 0.353. The molecule has 0 aliphatic rings. The number of carbonyl (C=O) groups is 2.